The second kappa shape index (κ2) is 5.93. The van der Waals surface area contributed by atoms with Gasteiger partial charge in [-0.3, -0.25) is 9.69 Å². The summed E-state index contributed by atoms with van der Waals surface area (Å²) in [7, 11) is 0. The van der Waals surface area contributed by atoms with Crippen LogP contribution in [-0.4, -0.2) is 33.9 Å². The van der Waals surface area contributed by atoms with Gasteiger partial charge >= 0.3 is 0 Å². The van der Waals surface area contributed by atoms with E-state index in [2.05, 4.69) is 10.2 Å². The highest BCUT2D eigenvalue weighted by Gasteiger charge is 2.55. The zero-order chi connectivity index (χ0) is 16.2. The molecule has 1 heterocycles. The first kappa shape index (κ1) is 16.8. The summed E-state index contributed by atoms with van der Waals surface area (Å²) in [4.78, 5) is 15.3. The lowest BCUT2D eigenvalue weighted by atomic mass is 9.49. The average molecular weight is 380 g/mol. The topological polar surface area (TPSA) is 32.3 Å². The predicted molar refractivity (Wildman–Crippen MR) is 93.6 cm³/mol. The van der Waals surface area contributed by atoms with E-state index >= 15 is 0 Å². The van der Waals surface area contributed by atoms with Gasteiger partial charge in [-0.15, -0.1) is 0 Å². The molecule has 1 aliphatic heterocycles. The molecule has 1 unspecified atom stereocenters. The number of halogens is 3. The van der Waals surface area contributed by atoms with Crippen molar-refractivity contribution in [2.45, 2.75) is 61.3 Å². The van der Waals surface area contributed by atoms with Crippen molar-refractivity contribution in [2.24, 2.45) is 23.2 Å². The van der Waals surface area contributed by atoms with Crippen LogP contribution in [0.15, 0.2) is 0 Å². The third kappa shape index (κ3) is 3.12. The molecule has 1 N–H and O–H groups in total. The first-order chi connectivity index (χ1) is 10.9. The van der Waals surface area contributed by atoms with Crippen LogP contribution < -0.4 is 5.32 Å². The van der Waals surface area contributed by atoms with Crippen LogP contribution >= 0.6 is 34.8 Å². The van der Waals surface area contributed by atoms with E-state index in [0.29, 0.717) is 0 Å². The molecule has 6 heteroatoms. The summed E-state index contributed by atoms with van der Waals surface area (Å²) >= 11 is 18.6. The van der Waals surface area contributed by atoms with E-state index in [1.165, 1.54) is 19.3 Å². The Morgan fingerprint density at radius 3 is 1.91 bits per heavy atom. The number of hydrogen-bond acceptors (Lipinski definition) is 2. The Balaban J connectivity index is 1.51. The number of nitrogens with zero attached hydrogens (tertiary/aromatic N) is 1. The molecule has 4 saturated carbocycles. The standard InChI is InChI=1S/C17H25Cl3N2O/c18-17(19,20)14(22-3-1-2-4-22)21-15(23)16-8-11-5-12(9-16)7-13(6-11)10-16/h11-14H,1-10H2,(H,21,23). The summed E-state index contributed by atoms with van der Waals surface area (Å²) in [5, 5.41) is 3.15. The normalized spacial score (nSPS) is 41.3. The van der Waals surface area contributed by atoms with Crippen molar-refractivity contribution in [1.82, 2.24) is 10.2 Å². The zero-order valence-electron chi connectivity index (χ0n) is 13.4. The van der Waals surface area contributed by atoms with Gasteiger partial charge in [-0.05, 0) is 69.1 Å². The minimum Gasteiger partial charge on any atom is -0.336 e. The molecule has 0 radical (unpaired) electrons. The predicted octanol–water partition coefficient (Wildman–Crippen LogP) is 4.11. The molecule has 5 aliphatic rings. The Morgan fingerprint density at radius 1 is 1.00 bits per heavy atom. The first-order valence-electron chi connectivity index (χ1n) is 8.97. The SMILES string of the molecule is O=C(NC(N1CCCC1)C(Cl)(Cl)Cl)C12CC3CC(CC(C3)C1)C2. The number of amides is 1. The van der Waals surface area contributed by atoms with Crippen molar-refractivity contribution < 1.29 is 4.79 Å². The van der Waals surface area contributed by atoms with E-state index in [-0.39, 0.29) is 11.3 Å². The molecule has 1 atom stereocenters. The highest BCUT2D eigenvalue weighted by Crippen LogP contribution is 2.60. The van der Waals surface area contributed by atoms with E-state index in [9.17, 15) is 4.79 Å². The van der Waals surface area contributed by atoms with Gasteiger partial charge in [0.1, 0.15) is 6.17 Å². The maximum atomic E-state index is 13.2. The lowest BCUT2D eigenvalue weighted by Crippen LogP contribution is -2.60. The van der Waals surface area contributed by atoms with Gasteiger partial charge in [0.2, 0.25) is 9.70 Å². The van der Waals surface area contributed by atoms with E-state index in [1.807, 2.05) is 0 Å². The van der Waals surface area contributed by atoms with Gasteiger partial charge in [0.15, 0.2) is 0 Å². The molecule has 5 fully saturated rings. The van der Waals surface area contributed by atoms with Crippen LogP contribution in [0.5, 0.6) is 0 Å². The fourth-order valence-electron chi connectivity index (χ4n) is 6.05. The van der Waals surface area contributed by atoms with E-state index in [1.54, 1.807) is 0 Å². The van der Waals surface area contributed by atoms with Crippen LogP contribution in [0.4, 0.5) is 0 Å². The summed E-state index contributed by atoms with van der Waals surface area (Å²) < 4.78 is -1.48. The van der Waals surface area contributed by atoms with Crippen LogP contribution in [0.25, 0.3) is 0 Å². The fourth-order valence-corrected chi connectivity index (χ4v) is 6.62. The minimum absolute atomic E-state index is 0.139. The van der Waals surface area contributed by atoms with Gasteiger partial charge in [0.05, 0.1) is 5.41 Å². The number of carbonyl (C=O) groups is 1. The van der Waals surface area contributed by atoms with Crippen molar-refractivity contribution in [2.75, 3.05) is 13.1 Å². The maximum absolute atomic E-state index is 13.2. The Hall–Kier alpha value is 0.300. The van der Waals surface area contributed by atoms with Crippen LogP contribution in [0.1, 0.15) is 51.4 Å². The van der Waals surface area contributed by atoms with Gasteiger partial charge < -0.3 is 5.32 Å². The van der Waals surface area contributed by atoms with Gasteiger partial charge in [0.25, 0.3) is 0 Å². The third-order valence-electron chi connectivity index (χ3n) is 6.60. The average Bonchev–Trinajstić information content (AvgIpc) is 2.95. The quantitative estimate of drug-likeness (QED) is 0.748. The van der Waals surface area contributed by atoms with Crippen LogP contribution in [0.2, 0.25) is 0 Å². The van der Waals surface area contributed by atoms with Crippen molar-refractivity contribution in [3.8, 4) is 0 Å². The zero-order valence-corrected chi connectivity index (χ0v) is 15.6. The number of nitrogens with one attached hydrogen (secondary N) is 1. The largest absolute Gasteiger partial charge is 0.336 e. The van der Waals surface area contributed by atoms with Crippen molar-refractivity contribution in [1.29, 1.82) is 0 Å². The number of alkyl halides is 3. The highest BCUT2D eigenvalue weighted by molar-refractivity contribution is 6.68. The van der Waals surface area contributed by atoms with Crippen molar-refractivity contribution in [3.63, 3.8) is 0 Å². The number of likely N-dealkylation sites (tertiary alicyclic amines) is 1. The van der Waals surface area contributed by atoms with E-state index in [0.717, 1.165) is 62.9 Å². The summed E-state index contributed by atoms with van der Waals surface area (Å²) in [6, 6.07) is 0. The van der Waals surface area contributed by atoms with Gasteiger partial charge in [-0.2, -0.15) is 0 Å². The molecule has 4 aliphatic carbocycles. The molecular formula is C17H25Cl3N2O. The second-order valence-corrected chi connectivity index (χ2v) is 10.7. The lowest BCUT2D eigenvalue weighted by Gasteiger charge is -2.56. The molecule has 23 heavy (non-hydrogen) atoms. The Labute approximate surface area is 153 Å². The van der Waals surface area contributed by atoms with Crippen LogP contribution in [0.3, 0.4) is 0 Å². The molecule has 1 amide bonds. The second-order valence-electron chi connectivity index (χ2n) is 8.36. The molecule has 130 valence electrons. The van der Waals surface area contributed by atoms with Gasteiger partial charge in [0, 0.05) is 13.1 Å². The summed E-state index contributed by atoms with van der Waals surface area (Å²) in [6.07, 6.45) is 8.79. The smallest absolute Gasteiger partial charge is 0.227 e. The summed E-state index contributed by atoms with van der Waals surface area (Å²) in [5.74, 6) is 2.36. The van der Waals surface area contributed by atoms with Gasteiger partial charge in [-0.1, -0.05) is 34.8 Å². The van der Waals surface area contributed by atoms with E-state index in [4.69, 9.17) is 34.8 Å². The summed E-state index contributed by atoms with van der Waals surface area (Å²) in [6.45, 7) is 1.78. The molecular weight excluding hydrogens is 355 g/mol. The minimum atomic E-state index is -1.48. The monoisotopic (exact) mass is 378 g/mol. The third-order valence-corrected chi connectivity index (χ3v) is 7.22. The molecule has 0 aromatic heterocycles. The maximum Gasteiger partial charge on any atom is 0.227 e. The fraction of sp³-hybridized carbons (Fsp3) is 0.941. The number of hydrogen-bond donors (Lipinski definition) is 1. The van der Waals surface area contributed by atoms with Crippen molar-refractivity contribution >= 4 is 40.7 Å². The Kier molecular flexibility index (Phi) is 4.32. The molecule has 5 rings (SSSR count). The Bertz CT molecular complexity index is 449. The first-order valence-corrected chi connectivity index (χ1v) is 10.1. The molecule has 0 aromatic rings. The van der Waals surface area contributed by atoms with Crippen LogP contribution in [0, 0.1) is 23.2 Å². The van der Waals surface area contributed by atoms with Crippen LogP contribution in [-0.2, 0) is 4.79 Å². The molecule has 1 saturated heterocycles. The number of carbonyl (C=O) groups excluding carboxylic acids is 1. The lowest BCUT2D eigenvalue weighted by molar-refractivity contribution is -0.148. The molecule has 0 spiro atoms. The molecule has 4 bridgehead atoms. The summed E-state index contributed by atoms with van der Waals surface area (Å²) in [5.41, 5.74) is -0.192. The molecule has 3 nitrogen and oxygen atoms in total. The Morgan fingerprint density at radius 2 is 1.48 bits per heavy atom. The number of rotatable bonds is 3. The van der Waals surface area contributed by atoms with Crippen molar-refractivity contribution in [3.05, 3.63) is 0 Å². The van der Waals surface area contributed by atoms with E-state index < -0.39 is 9.96 Å². The highest BCUT2D eigenvalue weighted by atomic mass is 35.6. The molecule has 0 aromatic carbocycles. The van der Waals surface area contributed by atoms with Gasteiger partial charge in [-0.25, -0.2) is 0 Å².